The van der Waals surface area contributed by atoms with Gasteiger partial charge in [0.1, 0.15) is 5.56 Å². The number of ether oxygens (including phenoxy) is 2. The number of pyridine rings is 2. The highest BCUT2D eigenvalue weighted by atomic mass is 19.4. The topological polar surface area (TPSA) is 268 Å². The Bertz CT molecular complexity index is 2820. The van der Waals surface area contributed by atoms with Crippen molar-refractivity contribution in [3.63, 3.8) is 0 Å². The minimum Gasteiger partial charge on any atom is -0.416 e. The summed E-state index contributed by atoms with van der Waals surface area (Å²) in [6, 6.07) is 16.3. The summed E-state index contributed by atoms with van der Waals surface area (Å²) in [6.45, 7) is 6.88. The fourth-order valence-electron chi connectivity index (χ4n) is 6.10. The summed E-state index contributed by atoms with van der Waals surface area (Å²) in [5.41, 5.74) is -11.1. The summed E-state index contributed by atoms with van der Waals surface area (Å²) in [5.74, 6) is -5.35. The lowest BCUT2D eigenvalue weighted by Gasteiger charge is -2.34. The van der Waals surface area contributed by atoms with Gasteiger partial charge in [0.15, 0.2) is 11.4 Å². The van der Waals surface area contributed by atoms with Gasteiger partial charge in [-0.1, -0.05) is 72.8 Å². The van der Waals surface area contributed by atoms with Crippen molar-refractivity contribution in [3.05, 3.63) is 173 Å². The van der Waals surface area contributed by atoms with E-state index in [9.17, 15) is 78.9 Å². The molecule has 5 aromatic rings. The molecule has 0 aliphatic rings. The van der Waals surface area contributed by atoms with Crippen molar-refractivity contribution >= 4 is 23.2 Å². The number of hydrazine groups is 1. The number of hydrogen-bond donors (Lipinski definition) is 4. The largest absolute Gasteiger partial charge is 0.426 e. The van der Waals surface area contributed by atoms with Gasteiger partial charge in [-0.2, -0.15) is 39.5 Å². The maximum atomic E-state index is 14.4. The zero-order chi connectivity index (χ0) is 52.2. The summed E-state index contributed by atoms with van der Waals surface area (Å²) >= 11 is 0. The standard InChI is InChI=1S/C21H16F6N4O5.C21H21F3N4O6/c1-2-3-9-19(21(25,26)27,35-11-12-7-5-4-6-8-12)18-30-29-17(36-18)15-14(31(33)34)10-13(16(32)28-15)20(22,23)24;1-3-4-10-20(21(22,23)24,34-12-14-8-6-5-7-9-14)19(31)27-26-18(30)16-15(28(32)33)11-13(2)17(29)25-16/h2,4-8,10H,1,3,9,11H2,(H,28,32);3,5-9,11H,1,4,10,12H2,2H3,(H,25,29)(H,26,30)(H,27,31)/t19-;20-/m11/s1. The highest BCUT2D eigenvalue weighted by Crippen LogP contribution is 2.47. The van der Waals surface area contributed by atoms with Crippen molar-refractivity contribution in [3.8, 4) is 11.6 Å². The Kier molecular flexibility index (Phi) is 17.5. The highest BCUT2D eigenvalue weighted by molar-refractivity contribution is 5.98. The number of carbonyl (C=O) groups is 2. The van der Waals surface area contributed by atoms with Gasteiger partial charge in [0.05, 0.1) is 23.1 Å². The molecule has 70 heavy (non-hydrogen) atoms. The lowest BCUT2D eigenvalue weighted by Crippen LogP contribution is -2.61. The first-order valence-corrected chi connectivity index (χ1v) is 19.8. The number of alkyl halides is 9. The van der Waals surface area contributed by atoms with E-state index < -0.39 is 129 Å². The van der Waals surface area contributed by atoms with Crippen molar-refractivity contribution in [1.29, 1.82) is 0 Å². The number of allylic oxidation sites excluding steroid dienone is 2. The fraction of sp³-hybridized carbons (Fsp3) is 0.286. The van der Waals surface area contributed by atoms with E-state index in [1.54, 1.807) is 52.2 Å². The number of aromatic nitrogens is 4. The van der Waals surface area contributed by atoms with E-state index in [-0.39, 0.29) is 24.5 Å². The van der Waals surface area contributed by atoms with E-state index in [1.807, 2.05) is 4.98 Å². The minimum atomic E-state index is -5.24. The monoisotopic (exact) mass is 1000 g/mol. The molecule has 5 rings (SSSR count). The Morgan fingerprint density at radius 1 is 0.743 bits per heavy atom. The third-order valence-corrected chi connectivity index (χ3v) is 9.77. The number of H-pyrrole nitrogens is 2. The second-order valence-corrected chi connectivity index (χ2v) is 14.5. The number of benzene rings is 2. The number of nitrogens with one attached hydrogen (secondary N) is 4. The molecule has 0 bridgehead atoms. The molecule has 374 valence electrons. The maximum Gasteiger partial charge on any atom is 0.426 e. The quantitative estimate of drug-likeness (QED) is 0.0280. The van der Waals surface area contributed by atoms with Gasteiger partial charge in [-0.3, -0.25) is 50.3 Å². The van der Waals surface area contributed by atoms with E-state index in [0.29, 0.717) is 11.1 Å². The zero-order valence-corrected chi connectivity index (χ0v) is 35.9. The van der Waals surface area contributed by atoms with E-state index in [4.69, 9.17) is 13.9 Å². The number of rotatable bonds is 18. The van der Waals surface area contributed by atoms with Crippen LogP contribution in [0.2, 0.25) is 0 Å². The van der Waals surface area contributed by atoms with Crippen LogP contribution in [0.3, 0.4) is 0 Å². The van der Waals surface area contributed by atoms with E-state index >= 15 is 0 Å². The first-order valence-electron chi connectivity index (χ1n) is 19.8. The number of carbonyl (C=O) groups excluding carboxylic acids is 2. The molecule has 0 saturated carbocycles. The molecule has 4 N–H and O–H groups in total. The van der Waals surface area contributed by atoms with E-state index in [0.717, 1.165) is 6.07 Å². The second kappa shape index (κ2) is 22.4. The molecule has 0 radical (unpaired) electrons. The molecule has 2 amide bonds. The number of aromatic amines is 2. The third-order valence-electron chi connectivity index (χ3n) is 9.77. The molecule has 28 heteroatoms. The summed E-state index contributed by atoms with van der Waals surface area (Å²) in [7, 11) is 0. The summed E-state index contributed by atoms with van der Waals surface area (Å²) in [5, 5.41) is 29.2. The summed E-state index contributed by atoms with van der Waals surface area (Å²) in [4.78, 5) is 72.6. The van der Waals surface area contributed by atoms with Crippen LogP contribution in [-0.2, 0) is 39.3 Å². The van der Waals surface area contributed by atoms with Crippen LogP contribution in [0.4, 0.5) is 50.9 Å². The molecule has 0 spiro atoms. The molecular weight excluding hydrogens is 963 g/mol. The number of nitrogens with zero attached hydrogens (tertiary/aromatic N) is 4. The normalized spacial score (nSPS) is 13.4. The van der Waals surface area contributed by atoms with Crippen molar-refractivity contribution in [1.82, 2.24) is 31.0 Å². The second-order valence-electron chi connectivity index (χ2n) is 14.5. The predicted molar refractivity (Wildman–Crippen MR) is 224 cm³/mol. The Balaban J connectivity index is 0.000000305. The lowest BCUT2D eigenvalue weighted by atomic mass is 9.95. The zero-order valence-electron chi connectivity index (χ0n) is 35.9. The average molecular weight is 1000 g/mol. The molecule has 0 unspecified atom stereocenters. The Morgan fingerprint density at radius 3 is 1.79 bits per heavy atom. The highest BCUT2D eigenvalue weighted by Gasteiger charge is 2.62. The smallest absolute Gasteiger partial charge is 0.416 e. The van der Waals surface area contributed by atoms with Gasteiger partial charge in [-0.15, -0.1) is 23.4 Å². The van der Waals surface area contributed by atoms with E-state index in [1.165, 1.54) is 43.3 Å². The lowest BCUT2D eigenvalue weighted by molar-refractivity contribution is -0.385. The van der Waals surface area contributed by atoms with Crippen LogP contribution in [0.25, 0.3) is 11.6 Å². The summed E-state index contributed by atoms with van der Waals surface area (Å²) < 4.78 is 140. The number of nitro groups is 2. The summed E-state index contributed by atoms with van der Waals surface area (Å²) in [6.07, 6.45) is -15.4. The molecule has 0 aliphatic carbocycles. The number of aryl methyl sites for hydroxylation is 1. The first-order chi connectivity index (χ1) is 32.7. The molecule has 0 fully saturated rings. The van der Waals surface area contributed by atoms with Crippen LogP contribution in [0.5, 0.6) is 0 Å². The average Bonchev–Trinajstić information content (AvgIpc) is 3.79. The molecule has 0 aliphatic heterocycles. The van der Waals surface area contributed by atoms with Gasteiger partial charge >= 0.3 is 18.5 Å². The SMILES string of the molecule is C=CCC[C@@](OCc1ccccc1)(C(=O)NNC(=O)c1[nH]c(=O)c(C)cc1[N+](=O)[O-])C(F)(F)F.C=CCC[C@@](OCc1ccccc1)(c1nnc(-c2[nH]c(=O)c(C(F)(F)F)cc2[N+](=O)[O-])o1)C(F)(F)F. The molecular formula is C42H37F9N8O11. The third kappa shape index (κ3) is 12.7. The predicted octanol–water partition coefficient (Wildman–Crippen LogP) is 8.13. The van der Waals surface area contributed by atoms with Crippen LogP contribution in [0, 0.1) is 27.2 Å². The Hall–Kier alpha value is -8.01. The van der Waals surface area contributed by atoms with Crippen LogP contribution in [0.1, 0.15) is 64.3 Å². The van der Waals surface area contributed by atoms with Crippen LogP contribution < -0.4 is 22.0 Å². The Labute approximate surface area is 386 Å². The molecule has 3 heterocycles. The number of hydrogen-bond acceptors (Lipinski definition) is 13. The van der Waals surface area contributed by atoms with E-state index in [2.05, 4.69) is 23.4 Å². The van der Waals surface area contributed by atoms with Crippen LogP contribution >= 0.6 is 0 Å². The van der Waals surface area contributed by atoms with Gasteiger partial charge in [-0.25, -0.2) is 0 Å². The number of amides is 2. The van der Waals surface area contributed by atoms with Crippen molar-refractivity contribution in [2.45, 2.75) is 75.6 Å². The molecule has 2 aromatic carbocycles. The van der Waals surface area contributed by atoms with Gasteiger partial charge in [0.25, 0.3) is 46.1 Å². The fourth-order valence-corrected chi connectivity index (χ4v) is 6.10. The van der Waals surface area contributed by atoms with Crippen molar-refractivity contribution in [2.75, 3.05) is 0 Å². The maximum absolute atomic E-state index is 14.4. The molecule has 19 nitrogen and oxygen atoms in total. The van der Waals surface area contributed by atoms with Crippen LogP contribution in [0.15, 0.2) is 112 Å². The van der Waals surface area contributed by atoms with Gasteiger partial charge in [0.2, 0.25) is 11.2 Å². The first kappa shape index (κ1) is 54.6. The van der Waals surface area contributed by atoms with Gasteiger partial charge in [0, 0.05) is 17.7 Å². The molecule has 0 saturated heterocycles. The number of halogens is 9. The van der Waals surface area contributed by atoms with Crippen molar-refractivity contribution < 1.29 is 72.8 Å². The van der Waals surface area contributed by atoms with Gasteiger partial charge in [-0.05, 0) is 43.7 Å². The van der Waals surface area contributed by atoms with Crippen molar-refractivity contribution in [2.24, 2.45) is 0 Å². The van der Waals surface area contributed by atoms with Gasteiger partial charge < -0.3 is 23.9 Å². The minimum absolute atomic E-state index is 0.0675. The molecule has 2 atom stereocenters. The van der Waals surface area contributed by atoms with Crippen LogP contribution in [-0.4, -0.2) is 59.8 Å². The Morgan fingerprint density at radius 2 is 1.29 bits per heavy atom. The molecule has 3 aromatic heterocycles.